The predicted molar refractivity (Wildman–Crippen MR) is 87.3 cm³/mol. The van der Waals surface area contributed by atoms with Gasteiger partial charge in [-0.25, -0.2) is 18.5 Å². The SMILES string of the molecule is NS(=O)(=O)c1ccc(N=C2NC(=O)/C(=C/c3ccco3)S2)cc1. The van der Waals surface area contributed by atoms with Gasteiger partial charge in [-0.15, -0.1) is 0 Å². The lowest BCUT2D eigenvalue weighted by Gasteiger charge is -1.99. The molecule has 2 aromatic rings. The van der Waals surface area contributed by atoms with E-state index in [1.807, 2.05) is 0 Å². The Morgan fingerprint density at radius 3 is 2.57 bits per heavy atom. The van der Waals surface area contributed by atoms with Crippen LogP contribution in [-0.2, 0) is 14.8 Å². The molecule has 1 aromatic heterocycles. The van der Waals surface area contributed by atoms with Crippen molar-refractivity contribution in [2.45, 2.75) is 4.90 Å². The molecule has 0 radical (unpaired) electrons. The van der Waals surface area contributed by atoms with Gasteiger partial charge in [0.15, 0.2) is 5.17 Å². The molecule has 0 unspecified atom stereocenters. The maximum atomic E-state index is 11.9. The van der Waals surface area contributed by atoms with E-state index in [0.29, 0.717) is 21.5 Å². The number of aliphatic imine (C=N–C) groups is 1. The zero-order valence-electron chi connectivity index (χ0n) is 11.6. The number of nitrogens with two attached hydrogens (primary N) is 1. The van der Waals surface area contributed by atoms with Crippen molar-refractivity contribution >= 4 is 44.6 Å². The van der Waals surface area contributed by atoms with Crippen LogP contribution in [0.4, 0.5) is 5.69 Å². The summed E-state index contributed by atoms with van der Waals surface area (Å²) >= 11 is 1.17. The number of amidine groups is 1. The fraction of sp³-hybridized carbons (Fsp3) is 0. The van der Waals surface area contributed by atoms with Gasteiger partial charge in [0.25, 0.3) is 5.91 Å². The van der Waals surface area contributed by atoms with E-state index >= 15 is 0 Å². The van der Waals surface area contributed by atoms with Crippen LogP contribution < -0.4 is 10.5 Å². The topological polar surface area (TPSA) is 115 Å². The Morgan fingerprint density at radius 2 is 1.96 bits per heavy atom. The van der Waals surface area contributed by atoms with Crippen LogP contribution >= 0.6 is 11.8 Å². The minimum atomic E-state index is -3.74. The summed E-state index contributed by atoms with van der Waals surface area (Å²) < 4.78 is 27.5. The van der Waals surface area contributed by atoms with Crippen LogP contribution in [0.15, 0.2) is 61.9 Å². The largest absolute Gasteiger partial charge is 0.465 e. The van der Waals surface area contributed by atoms with E-state index in [1.165, 1.54) is 42.3 Å². The standard InChI is InChI=1S/C14H11N3O4S2/c15-23(19,20)11-5-3-9(4-6-11)16-14-17-13(18)12(22-14)8-10-2-1-7-21-10/h1-8H,(H2,15,19,20)(H,16,17,18)/b12-8-. The second-order valence-corrected chi connectivity index (χ2v) is 7.13. The molecule has 0 aliphatic carbocycles. The third kappa shape index (κ3) is 3.70. The van der Waals surface area contributed by atoms with Gasteiger partial charge in [0.05, 0.1) is 21.8 Å². The number of rotatable bonds is 3. The minimum absolute atomic E-state index is 0.00275. The van der Waals surface area contributed by atoms with E-state index in [-0.39, 0.29) is 10.8 Å². The van der Waals surface area contributed by atoms with E-state index in [4.69, 9.17) is 9.56 Å². The second-order valence-electron chi connectivity index (χ2n) is 4.54. The molecule has 1 fully saturated rings. The summed E-state index contributed by atoms with van der Waals surface area (Å²) in [5.41, 5.74) is 0.499. The summed E-state index contributed by atoms with van der Waals surface area (Å²) in [5.74, 6) is 0.299. The Balaban J connectivity index is 1.80. The van der Waals surface area contributed by atoms with E-state index in [1.54, 1.807) is 18.2 Å². The Morgan fingerprint density at radius 1 is 1.22 bits per heavy atom. The smallest absolute Gasteiger partial charge is 0.264 e. The van der Waals surface area contributed by atoms with Gasteiger partial charge in [0, 0.05) is 6.08 Å². The molecular formula is C14H11N3O4S2. The first kappa shape index (κ1) is 15.5. The summed E-state index contributed by atoms with van der Waals surface area (Å²) in [6.07, 6.45) is 3.14. The Bertz CT molecular complexity index is 898. The summed E-state index contributed by atoms with van der Waals surface area (Å²) in [7, 11) is -3.74. The maximum Gasteiger partial charge on any atom is 0.264 e. The van der Waals surface area contributed by atoms with Crippen molar-refractivity contribution < 1.29 is 17.6 Å². The molecule has 0 atom stereocenters. The number of carbonyl (C=O) groups is 1. The van der Waals surface area contributed by atoms with E-state index in [2.05, 4.69) is 10.3 Å². The number of nitrogens with one attached hydrogen (secondary N) is 1. The average Bonchev–Trinajstić information content (AvgIpc) is 3.10. The van der Waals surface area contributed by atoms with Crippen molar-refractivity contribution in [3.05, 3.63) is 53.3 Å². The Hall–Kier alpha value is -2.36. The maximum absolute atomic E-state index is 11.9. The number of carbonyl (C=O) groups excluding carboxylic acids is 1. The molecule has 9 heteroatoms. The molecule has 3 N–H and O–H groups in total. The quantitative estimate of drug-likeness (QED) is 0.820. The number of benzene rings is 1. The Kier molecular flexibility index (Phi) is 4.07. The van der Waals surface area contributed by atoms with Crippen molar-refractivity contribution in [3.63, 3.8) is 0 Å². The third-order valence-corrected chi connectivity index (χ3v) is 4.70. The number of thioether (sulfide) groups is 1. The number of hydrogen-bond acceptors (Lipinski definition) is 6. The highest BCUT2D eigenvalue weighted by Gasteiger charge is 2.24. The van der Waals surface area contributed by atoms with Gasteiger partial charge in [-0.1, -0.05) is 0 Å². The first-order valence-electron chi connectivity index (χ1n) is 6.38. The lowest BCUT2D eigenvalue weighted by Crippen LogP contribution is -2.19. The highest BCUT2D eigenvalue weighted by atomic mass is 32.2. The minimum Gasteiger partial charge on any atom is -0.465 e. The molecule has 118 valence electrons. The lowest BCUT2D eigenvalue weighted by atomic mass is 10.3. The monoisotopic (exact) mass is 349 g/mol. The Labute approximate surface area is 136 Å². The van der Waals surface area contributed by atoms with Crippen molar-refractivity contribution in [3.8, 4) is 0 Å². The molecule has 2 heterocycles. The van der Waals surface area contributed by atoms with Gasteiger partial charge >= 0.3 is 0 Å². The molecule has 1 aromatic carbocycles. The van der Waals surface area contributed by atoms with Gasteiger partial charge in [-0.05, 0) is 48.2 Å². The molecule has 0 bridgehead atoms. The molecule has 23 heavy (non-hydrogen) atoms. The van der Waals surface area contributed by atoms with Gasteiger partial charge < -0.3 is 9.73 Å². The van der Waals surface area contributed by atoms with E-state index in [0.717, 1.165) is 0 Å². The zero-order valence-corrected chi connectivity index (χ0v) is 13.2. The highest BCUT2D eigenvalue weighted by Crippen LogP contribution is 2.28. The number of amides is 1. The summed E-state index contributed by atoms with van der Waals surface area (Å²) in [6, 6.07) is 9.20. The number of furan rings is 1. The van der Waals surface area contributed by atoms with Crippen molar-refractivity contribution in [1.82, 2.24) is 5.32 Å². The fourth-order valence-electron chi connectivity index (χ4n) is 1.81. The van der Waals surface area contributed by atoms with E-state index < -0.39 is 10.0 Å². The molecule has 1 amide bonds. The third-order valence-electron chi connectivity index (χ3n) is 2.86. The van der Waals surface area contributed by atoms with Crippen molar-refractivity contribution in [1.29, 1.82) is 0 Å². The van der Waals surface area contributed by atoms with Gasteiger partial charge in [0.2, 0.25) is 10.0 Å². The normalized spacial score (nSPS) is 18.6. The first-order chi connectivity index (χ1) is 10.9. The summed E-state index contributed by atoms with van der Waals surface area (Å²) in [4.78, 5) is 16.6. The van der Waals surface area contributed by atoms with Crippen LogP contribution in [0.2, 0.25) is 0 Å². The molecule has 1 aliphatic heterocycles. The van der Waals surface area contributed by atoms with Crippen LogP contribution in [0.1, 0.15) is 5.76 Å². The zero-order chi connectivity index (χ0) is 16.4. The number of sulfonamides is 1. The van der Waals surface area contributed by atoms with Crippen molar-refractivity contribution in [2.75, 3.05) is 0 Å². The number of nitrogens with zero attached hydrogens (tertiary/aromatic N) is 1. The van der Waals surface area contributed by atoms with Crippen molar-refractivity contribution in [2.24, 2.45) is 10.1 Å². The number of hydrogen-bond donors (Lipinski definition) is 2. The summed E-state index contributed by atoms with van der Waals surface area (Å²) in [5, 5.41) is 8.06. The summed E-state index contributed by atoms with van der Waals surface area (Å²) in [6.45, 7) is 0. The molecule has 0 saturated carbocycles. The molecule has 1 saturated heterocycles. The molecule has 0 spiro atoms. The predicted octanol–water partition coefficient (Wildman–Crippen LogP) is 1.82. The average molecular weight is 349 g/mol. The fourth-order valence-corrected chi connectivity index (χ4v) is 3.15. The van der Waals surface area contributed by atoms with Crippen LogP contribution in [-0.4, -0.2) is 19.5 Å². The van der Waals surface area contributed by atoms with E-state index in [9.17, 15) is 13.2 Å². The molecule has 3 rings (SSSR count). The van der Waals surface area contributed by atoms with Crippen LogP contribution in [0.3, 0.4) is 0 Å². The molecule has 1 aliphatic rings. The highest BCUT2D eigenvalue weighted by molar-refractivity contribution is 8.18. The van der Waals surface area contributed by atoms with Gasteiger partial charge in [-0.2, -0.15) is 0 Å². The van der Waals surface area contributed by atoms with Crippen LogP contribution in [0, 0.1) is 0 Å². The van der Waals surface area contributed by atoms with Gasteiger partial charge in [0.1, 0.15) is 5.76 Å². The number of primary sulfonamides is 1. The second kappa shape index (κ2) is 6.03. The molecule has 7 nitrogen and oxygen atoms in total. The lowest BCUT2D eigenvalue weighted by molar-refractivity contribution is -0.115. The van der Waals surface area contributed by atoms with Crippen LogP contribution in [0.5, 0.6) is 0 Å². The first-order valence-corrected chi connectivity index (χ1v) is 8.74. The molecular weight excluding hydrogens is 338 g/mol. The van der Waals surface area contributed by atoms with Crippen LogP contribution in [0.25, 0.3) is 6.08 Å². The van der Waals surface area contributed by atoms with Gasteiger partial charge in [-0.3, -0.25) is 4.79 Å².